The van der Waals surface area contributed by atoms with Gasteiger partial charge in [0.15, 0.2) is 0 Å². The first-order chi connectivity index (χ1) is 12.8. The van der Waals surface area contributed by atoms with E-state index in [9.17, 15) is 4.79 Å². The third-order valence-electron chi connectivity index (χ3n) is 4.43. The lowest BCUT2D eigenvalue weighted by Crippen LogP contribution is -2.09. The van der Waals surface area contributed by atoms with Gasteiger partial charge in [0.2, 0.25) is 5.91 Å². The molecule has 0 saturated heterocycles. The van der Waals surface area contributed by atoms with Crippen LogP contribution in [-0.2, 0) is 11.2 Å². The number of unbranched alkanes of at least 4 members (excludes halogenated alkanes) is 8. The molecule has 0 bridgehead atoms. The van der Waals surface area contributed by atoms with Gasteiger partial charge in [-0.1, -0.05) is 56.1 Å². The van der Waals surface area contributed by atoms with Crippen LogP contribution in [0.1, 0.15) is 82.7 Å². The Balaban J connectivity index is 1.82. The van der Waals surface area contributed by atoms with Crippen molar-refractivity contribution in [2.24, 2.45) is 5.73 Å². The highest BCUT2D eigenvalue weighted by atomic mass is 16.1. The molecule has 0 unspecified atom stereocenters. The number of carbonyl (C=O) groups excluding carboxylic acids is 1. The highest BCUT2D eigenvalue weighted by Crippen LogP contribution is 2.08. The Morgan fingerprint density at radius 2 is 1.50 bits per heavy atom. The molecule has 0 atom stereocenters. The second-order valence-corrected chi connectivity index (χ2v) is 6.87. The van der Waals surface area contributed by atoms with Crippen LogP contribution in [0, 0.1) is 0 Å². The van der Waals surface area contributed by atoms with Crippen molar-refractivity contribution >= 4 is 5.91 Å². The van der Waals surface area contributed by atoms with Crippen LogP contribution in [0.4, 0.5) is 0 Å². The van der Waals surface area contributed by atoms with Crippen LogP contribution in [0.15, 0.2) is 48.7 Å². The Hall–Kier alpha value is -1.90. The largest absolute Gasteiger partial charge is 0.370 e. The monoisotopic (exact) mass is 356 g/mol. The Labute approximate surface area is 159 Å². The predicted molar refractivity (Wildman–Crippen MR) is 111 cm³/mol. The van der Waals surface area contributed by atoms with Crippen molar-refractivity contribution in [1.82, 2.24) is 4.98 Å². The quantitative estimate of drug-likeness (QED) is 0.296. The summed E-state index contributed by atoms with van der Waals surface area (Å²) < 4.78 is 0. The maximum atomic E-state index is 10.6. The molecule has 1 aromatic heterocycles. The smallest absolute Gasteiger partial charge is 0.217 e. The predicted octanol–water partition coefficient (Wildman–Crippen LogP) is 5.90. The molecule has 0 radical (unpaired) electrons. The Kier molecular flexibility index (Phi) is 14.1. The molecule has 26 heavy (non-hydrogen) atoms. The van der Waals surface area contributed by atoms with Crippen molar-refractivity contribution in [3.8, 4) is 0 Å². The van der Waals surface area contributed by atoms with Crippen molar-refractivity contribution in [3.05, 3.63) is 54.4 Å². The molecule has 0 aromatic carbocycles. The van der Waals surface area contributed by atoms with Crippen molar-refractivity contribution in [1.29, 1.82) is 0 Å². The van der Waals surface area contributed by atoms with Crippen molar-refractivity contribution in [2.75, 3.05) is 0 Å². The van der Waals surface area contributed by atoms with Gasteiger partial charge in [0.05, 0.1) is 0 Å². The number of allylic oxidation sites excluding steroid dienone is 4. The second kappa shape index (κ2) is 16.6. The normalized spacial score (nSPS) is 11.5. The summed E-state index contributed by atoms with van der Waals surface area (Å²) >= 11 is 0. The third kappa shape index (κ3) is 14.4. The molecule has 0 aliphatic rings. The molecule has 1 heterocycles. The summed E-state index contributed by atoms with van der Waals surface area (Å²) in [6.45, 7) is 0. The number of rotatable bonds is 16. The van der Waals surface area contributed by atoms with Gasteiger partial charge in [-0.15, -0.1) is 0 Å². The van der Waals surface area contributed by atoms with Crippen molar-refractivity contribution < 1.29 is 4.79 Å². The number of aryl methyl sites for hydroxylation is 1. The SMILES string of the molecule is NC(=O)CCCCCCC/C=C\C/C=C\CCCCCc1ccccn1. The van der Waals surface area contributed by atoms with Crippen LogP contribution >= 0.6 is 0 Å². The van der Waals surface area contributed by atoms with E-state index in [0.29, 0.717) is 6.42 Å². The van der Waals surface area contributed by atoms with E-state index in [-0.39, 0.29) is 5.91 Å². The molecule has 1 amide bonds. The minimum Gasteiger partial charge on any atom is -0.370 e. The number of hydrogen-bond donors (Lipinski definition) is 1. The van der Waals surface area contributed by atoms with Crippen LogP contribution < -0.4 is 5.73 Å². The molecule has 144 valence electrons. The van der Waals surface area contributed by atoms with Gasteiger partial charge in [-0.05, 0) is 63.5 Å². The van der Waals surface area contributed by atoms with Crippen LogP contribution in [0.3, 0.4) is 0 Å². The number of nitrogens with two attached hydrogens (primary N) is 1. The Morgan fingerprint density at radius 1 is 0.846 bits per heavy atom. The topological polar surface area (TPSA) is 56.0 Å². The number of nitrogens with zero attached hydrogens (tertiary/aromatic N) is 1. The van der Waals surface area contributed by atoms with E-state index in [1.54, 1.807) is 0 Å². The zero-order valence-electron chi connectivity index (χ0n) is 16.2. The van der Waals surface area contributed by atoms with Gasteiger partial charge < -0.3 is 5.73 Å². The van der Waals surface area contributed by atoms with E-state index in [1.807, 2.05) is 12.3 Å². The number of primary amides is 1. The lowest BCUT2D eigenvalue weighted by molar-refractivity contribution is -0.118. The average Bonchev–Trinajstić information content (AvgIpc) is 2.65. The molecule has 1 aromatic rings. The highest BCUT2D eigenvalue weighted by Gasteiger charge is 1.94. The molecule has 0 saturated carbocycles. The van der Waals surface area contributed by atoms with E-state index in [0.717, 1.165) is 32.1 Å². The molecule has 0 spiro atoms. The molecule has 0 fully saturated rings. The summed E-state index contributed by atoms with van der Waals surface area (Å²) in [6.07, 6.45) is 25.6. The third-order valence-corrected chi connectivity index (χ3v) is 4.43. The first-order valence-corrected chi connectivity index (χ1v) is 10.3. The zero-order chi connectivity index (χ0) is 18.7. The van der Waals surface area contributed by atoms with Gasteiger partial charge in [0, 0.05) is 18.3 Å². The second-order valence-electron chi connectivity index (χ2n) is 6.87. The minimum absolute atomic E-state index is 0.175. The standard InChI is InChI=1S/C23H36N2O/c24-23(26)20-15-13-11-9-7-5-3-1-2-4-6-8-10-12-14-18-22-19-16-17-21-25-22/h1,3-4,6,16-17,19,21H,2,5,7-15,18,20H2,(H2,24,26)/b3-1-,6-4-. The number of amides is 1. The zero-order valence-corrected chi connectivity index (χ0v) is 16.2. The summed E-state index contributed by atoms with van der Waals surface area (Å²) in [5, 5.41) is 0. The van der Waals surface area contributed by atoms with E-state index in [2.05, 4.69) is 41.4 Å². The summed E-state index contributed by atoms with van der Waals surface area (Å²) in [6, 6.07) is 6.14. The van der Waals surface area contributed by atoms with E-state index in [4.69, 9.17) is 5.73 Å². The lowest BCUT2D eigenvalue weighted by atomic mass is 10.1. The van der Waals surface area contributed by atoms with Crippen LogP contribution in [0.2, 0.25) is 0 Å². The summed E-state index contributed by atoms with van der Waals surface area (Å²) in [4.78, 5) is 15.0. The number of aromatic nitrogens is 1. The maximum absolute atomic E-state index is 10.6. The highest BCUT2D eigenvalue weighted by molar-refractivity contribution is 5.73. The average molecular weight is 357 g/mol. The van der Waals surface area contributed by atoms with Gasteiger partial charge in [-0.25, -0.2) is 0 Å². The van der Waals surface area contributed by atoms with Crippen molar-refractivity contribution in [2.45, 2.75) is 83.5 Å². The van der Waals surface area contributed by atoms with Crippen LogP contribution in [0.5, 0.6) is 0 Å². The fourth-order valence-corrected chi connectivity index (χ4v) is 2.89. The lowest BCUT2D eigenvalue weighted by Gasteiger charge is -1.99. The maximum Gasteiger partial charge on any atom is 0.217 e. The molecule has 3 nitrogen and oxygen atoms in total. The molecule has 2 N–H and O–H groups in total. The van der Waals surface area contributed by atoms with E-state index >= 15 is 0 Å². The van der Waals surface area contributed by atoms with Gasteiger partial charge >= 0.3 is 0 Å². The number of carbonyl (C=O) groups is 1. The summed E-state index contributed by atoms with van der Waals surface area (Å²) in [5.74, 6) is -0.175. The molecule has 0 aliphatic heterocycles. The van der Waals surface area contributed by atoms with E-state index in [1.165, 1.54) is 50.6 Å². The van der Waals surface area contributed by atoms with Gasteiger partial charge in [-0.2, -0.15) is 0 Å². The summed E-state index contributed by atoms with van der Waals surface area (Å²) in [7, 11) is 0. The minimum atomic E-state index is -0.175. The van der Waals surface area contributed by atoms with Gasteiger partial charge in [0.25, 0.3) is 0 Å². The first-order valence-electron chi connectivity index (χ1n) is 10.3. The first kappa shape index (κ1) is 22.1. The fourth-order valence-electron chi connectivity index (χ4n) is 2.89. The molecular weight excluding hydrogens is 320 g/mol. The number of pyridine rings is 1. The van der Waals surface area contributed by atoms with Crippen LogP contribution in [0.25, 0.3) is 0 Å². The Morgan fingerprint density at radius 3 is 2.15 bits per heavy atom. The molecule has 1 rings (SSSR count). The molecular formula is C23H36N2O. The van der Waals surface area contributed by atoms with Gasteiger partial charge in [0.1, 0.15) is 0 Å². The summed E-state index contributed by atoms with van der Waals surface area (Å²) in [5.41, 5.74) is 6.33. The van der Waals surface area contributed by atoms with Crippen LogP contribution in [-0.4, -0.2) is 10.9 Å². The Bertz CT molecular complexity index is 508. The van der Waals surface area contributed by atoms with E-state index < -0.39 is 0 Å². The molecule has 0 aliphatic carbocycles. The van der Waals surface area contributed by atoms with Crippen molar-refractivity contribution in [3.63, 3.8) is 0 Å². The van der Waals surface area contributed by atoms with Gasteiger partial charge in [-0.3, -0.25) is 9.78 Å². The number of hydrogen-bond acceptors (Lipinski definition) is 2. The fraction of sp³-hybridized carbons (Fsp3) is 0.565. The molecule has 3 heteroatoms.